The minimum atomic E-state index is 0.562. The molecule has 1 atom stereocenters. The highest BCUT2D eigenvalue weighted by atomic mass is 16.5. The van der Waals surface area contributed by atoms with Crippen molar-refractivity contribution in [1.82, 2.24) is 9.80 Å². The fourth-order valence-electron chi connectivity index (χ4n) is 2.70. The van der Waals surface area contributed by atoms with Gasteiger partial charge in [-0.15, -0.1) is 0 Å². The highest BCUT2D eigenvalue weighted by molar-refractivity contribution is 5.78. The van der Waals surface area contributed by atoms with Gasteiger partial charge in [0.1, 0.15) is 0 Å². The number of ether oxygens (including phenoxy) is 1. The molecular weight excluding hydrogens is 228 g/mol. The zero-order valence-corrected chi connectivity index (χ0v) is 11.5. The average molecular weight is 254 g/mol. The van der Waals surface area contributed by atoms with Crippen molar-refractivity contribution >= 4 is 5.96 Å². The van der Waals surface area contributed by atoms with Gasteiger partial charge in [-0.3, -0.25) is 9.89 Å². The molecule has 2 fully saturated rings. The second-order valence-corrected chi connectivity index (χ2v) is 5.10. The molecule has 0 radical (unpaired) electrons. The van der Waals surface area contributed by atoms with Crippen LogP contribution >= 0.6 is 0 Å². The predicted molar refractivity (Wildman–Crippen MR) is 73.8 cm³/mol. The highest BCUT2D eigenvalue weighted by Crippen LogP contribution is 2.14. The number of hydrogen-bond acceptors (Lipinski definition) is 3. The normalized spacial score (nSPS) is 24.5. The fraction of sp³-hybridized carbons (Fsp3) is 0.923. The van der Waals surface area contributed by atoms with E-state index < -0.39 is 0 Å². The van der Waals surface area contributed by atoms with Crippen molar-refractivity contribution in [2.75, 3.05) is 45.9 Å². The van der Waals surface area contributed by atoms with E-state index in [4.69, 9.17) is 10.5 Å². The molecule has 2 rings (SSSR count). The lowest BCUT2D eigenvalue weighted by Crippen LogP contribution is -2.45. The van der Waals surface area contributed by atoms with Gasteiger partial charge in [-0.05, 0) is 32.4 Å². The van der Waals surface area contributed by atoms with Gasteiger partial charge in [-0.2, -0.15) is 0 Å². The van der Waals surface area contributed by atoms with Crippen molar-refractivity contribution in [2.45, 2.75) is 32.2 Å². The molecule has 18 heavy (non-hydrogen) atoms. The molecule has 5 heteroatoms. The molecule has 1 unspecified atom stereocenters. The third-order valence-electron chi connectivity index (χ3n) is 3.93. The zero-order valence-electron chi connectivity index (χ0n) is 11.5. The van der Waals surface area contributed by atoms with E-state index in [9.17, 15) is 0 Å². The number of hydrogen-bond donors (Lipinski definition) is 1. The van der Waals surface area contributed by atoms with E-state index in [0.29, 0.717) is 12.0 Å². The lowest BCUT2D eigenvalue weighted by atomic mass is 10.2. The van der Waals surface area contributed by atoms with Crippen LogP contribution in [0.3, 0.4) is 0 Å². The molecule has 2 aliphatic rings. The number of morpholine rings is 1. The van der Waals surface area contributed by atoms with Crippen LogP contribution in [0.15, 0.2) is 4.99 Å². The van der Waals surface area contributed by atoms with Gasteiger partial charge in [-0.1, -0.05) is 6.92 Å². The molecule has 0 aromatic rings. The van der Waals surface area contributed by atoms with Crippen molar-refractivity contribution < 1.29 is 4.74 Å². The molecule has 104 valence electrons. The van der Waals surface area contributed by atoms with E-state index >= 15 is 0 Å². The zero-order chi connectivity index (χ0) is 12.8. The molecule has 2 N–H and O–H groups in total. The second kappa shape index (κ2) is 6.95. The van der Waals surface area contributed by atoms with Crippen LogP contribution in [0.1, 0.15) is 26.2 Å². The van der Waals surface area contributed by atoms with E-state index in [1.54, 1.807) is 0 Å². The van der Waals surface area contributed by atoms with E-state index in [-0.39, 0.29) is 0 Å². The standard InChI is InChI=1S/C13H26N4O/c1-2-12(16-5-3-4-6-16)11-15-13(14)17-7-9-18-10-8-17/h12H,2-11H2,1H3,(H2,14,15). The molecule has 0 bridgehead atoms. The lowest BCUT2D eigenvalue weighted by Gasteiger charge is -2.29. The Balaban J connectivity index is 1.82. The summed E-state index contributed by atoms with van der Waals surface area (Å²) < 4.78 is 5.32. The van der Waals surface area contributed by atoms with Crippen LogP contribution in [0.25, 0.3) is 0 Å². The maximum atomic E-state index is 6.05. The first-order chi connectivity index (χ1) is 8.81. The van der Waals surface area contributed by atoms with Crippen LogP contribution < -0.4 is 5.73 Å². The van der Waals surface area contributed by atoms with Crippen LogP contribution in [-0.4, -0.2) is 67.7 Å². The molecular formula is C13H26N4O. The average Bonchev–Trinajstić information content (AvgIpc) is 2.94. The van der Waals surface area contributed by atoms with Gasteiger partial charge >= 0.3 is 0 Å². The Kier molecular flexibility index (Phi) is 5.26. The molecule has 2 heterocycles. The van der Waals surface area contributed by atoms with Crippen LogP contribution in [0, 0.1) is 0 Å². The summed E-state index contributed by atoms with van der Waals surface area (Å²) in [5.41, 5.74) is 6.05. The molecule has 0 saturated carbocycles. The minimum absolute atomic E-state index is 0.562. The monoisotopic (exact) mass is 254 g/mol. The molecule has 2 aliphatic heterocycles. The smallest absolute Gasteiger partial charge is 0.191 e. The topological polar surface area (TPSA) is 54.1 Å². The highest BCUT2D eigenvalue weighted by Gasteiger charge is 2.20. The third-order valence-corrected chi connectivity index (χ3v) is 3.93. The van der Waals surface area contributed by atoms with Crippen molar-refractivity contribution in [1.29, 1.82) is 0 Å². The van der Waals surface area contributed by atoms with Crippen molar-refractivity contribution in [3.05, 3.63) is 0 Å². The summed E-state index contributed by atoms with van der Waals surface area (Å²) in [6, 6.07) is 0.562. The predicted octanol–water partition coefficient (Wildman–Crippen LogP) is 0.508. The molecule has 0 amide bonds. The SMILES string of the molecule is CCC(CN=C(N)N1CCOCC1)N1CCCC1. The van der Waals surface area contributed by atoms with Crippen molar-refractivity contribution in [3.8, 4) is 0 Å². The summed E-state index contributed by atoms with van der Waals surface area (Å²) in [5, 5.41) is 0. The summed E-state index contributed by atoms with van der Waals surface area (Å²) >= 11 is 0. The summed E-state index contributed by atoms with van der Waals surface area (Å²) in [4.78, 5) is 9.26. The van der Waals surface area contributed by atoms with Gasteiger partial charge in [-0.25, -0.2) is 0 Å². The third kappa shape index (κ3) is 3.59. The van der Waals surface area contributed by atoms with Gasteiger partial charge in [0.15, 0.2) is 5.96 Å². The van der Waals surface area contributed by atoms with Crippen LogP contribution in [0.2, 0.25) is 0 Å². The molecule has 0 aromatic heterocycles. The maximum Gasteiger partial charge on any atom is 0.191 e. The molecule has 0 aliphatic carbocycles. The minimum Gasteiger partial charge on any atom is -0.378 e. The van der Waals surface area contributed by atoms with Crippen molar-refractivity contribution in [2.24, 2.45) is 10.7 Å². The van der Waals surface area contributed by atoms with Gasteiger partial charge in [0, 0.05) is 19.1 Å². The van der Waals surface area contributed by atoms with E-state index in [2.05, 4.69) is 21.7 Å². The maximum absolute atomic E-state index is 6.05. The molecule has 2 saturated heterocycles. The molecule has 5 nitrogen and oxygen atoms in total. The summed E-state index contributed by atoms with van der Waals surface area (Å²) in [5.74, 6) is 0.691. The molecule has 0 spiro atoms. The summed E-state index contributed by atoms with van der Waals surface area (Å²) in [6.07, 6.45) is 3.82. The first-order valence-corrected chi connectivity index (χ1v) is 7.18. The quantitative estimate of drug-likeness (QED) is 0.586. The van der Waals surface area contributed by atoms with Crippen molar-refractivity contribution in [3.63, 3.8) is 0 Å². The Hall–Kier alpha value is -0.810. The first kappa shape index (κ1) is 13.6. The Labute approximate surface area is 110 Å². The summed E-state index contributed by atoms with van der Waals surface area (Å²) in [7, 11) is 0. The largest absolute Gasteiger partial charge is 0.378 e. The van der Waals surface area contributed by atoms with Gasteiger partial charge in [0.25, 0.3) is 0 Å². The van der Waals surface area contributed by atoms with E-state index in [0.717, 1.165) is 39.3 Å². The number of rotatable bonds is 4. The lowest BCUT2D eigenvalue weighted by molar-refractivity contribution is 0.0673. The van der Waals surface area contributed by atoms with Crippen LogP contribution in [0.5, 0.6) is 0 Å². The number of likely N-dealkylation sites (tertiary alicyclic amines) is 1. The number of aliphatic imine (C=N–C) groups is 1. The van der Waals surface area contributed by atoms with Gasteiger partial charge in [0.05, 0.1) is 19.8 Å². The Morgan fingerprint density at radius 3 is 2.50 bits per heavy atom. The number of nitrogens with two attached hydrogens (primary N) is 1. The summed E-state index contributed by atoms with van der Waals surface area (Å²) in [6.45, 7) is 8.80. The molecule has 0 aromatic carbocycles. The second-order valence-electron chi connectivity index (χ2n) is 5.10. The van der Waals surface area contributed by atoms with Crippen LogP contribution in [0.4, 0.5) is 0 Å². The van der Waals surface area contributed by atoms with E-state index in [1.165, 1.54) is 25.9 Å². The fourth-order valence-corrected chi connectivity index (χ4v) is 2.70. The first-order valence-electron chi connectivity index (χ1n) is 7.18. The Morgan fingerprint density at radius 2 is 1.89 bits per heavy atom. The Bertz CT molecular complexity index is 270. The number of nitrogens with zero attached hydrogens (tertiary/aromatic N) is 3. The van der Waals surface area contributed by atoms with Gasteiger partial charge < -0.3 is 15.4 Å². The Morgan fingerprint density at radius 1 is 1.22 bits per heavy atom. The van der Waals surface area contributed by atoms with E-state index in [1.807, 2.05) is 0 Å². The van der Waals surface area contributed by atoms with Gasteiger partial charge in [0.2, 0.25) is 0 Å². The number of guanidine groups is 1. The van der Waals surface area contributed by atoms with Crippen LogP contribution in [-0.2, 0) is 4.74 Å².